The standard InChI is InChI=1S/C23H23NO4/c1-2-27-22(25)16-8-7-13-24(14-16)23(26)28-15-21-19-11-5-3-9-17(19)18-10-4-6-12-20(18)21/h2-6,9-12,16,21H,1,7-8,13-15H2. The molecule has 0 aromatic heterocycles. The molecule has 2 aromatic rings. The molecule has 1 aliphatic carbocycles. The lowest BCUT2D eigenvalue weighted by Crippen LogP contribution is -2.43. The predicted octanol–water partition coefficient (Wildman–Crippen LogP) is 4.33. The number of benzene rings is 2. The molecule has 0 saturated carbocycles. The molecule has 0 N–H and O–H groups in total. The van der Waals surface area contributed by atoms with E-state index in [9.17, 15) is 9.59 Å². The number of ether oxygens (including phenoxy) is 2. The van der Waals surface area contributed by atoms with Gasteiger partial charge in [-0.05, 0) is 35.1 Å². The minimum Gasteiger partial charge on any atom is -0.448 e. The van der Waals surface area contributed by atoms with Gasteiger partial charge in [-0.15, -0.1) is 0 Å². The van der Waals surface area contributed by atoms with Gasteiger partial charge in [-0.25, -0.2) is 4.79 Å². The first-order valence-corrected chi connectivity index (χ1v) is 9.60. The van der Waals surface area contributed by atoms with Crippen LogP contribution in [0.2, 0.25) is 0 Å². The van der Waals surface area contributed by atoms with Crippen LogP contribution < -0.4 is 0 Å². The van der Waals surface area contributed by atoms with E-state index < -0.39 is 0 Å². The summed E-state index contributed by atoms with van der Waals surface area (Å²) in [4.78, 5) is 26.2. The molecule has 2 aliphatic rings. The number of carbonyl (C=O) groups is 2. The molecule has 1 unspecified atom stereocenters. The van der Waals surface area contributed by atoms with Crippen molar-refractivity contribution in [2.75, 3.05) is 19.7 Å². The van der Waals surface area contributed by atoms with E-state index in [0.29, 0.717) is 19.5 Å². The van der Waals surface area contributed by atoms with Crippen LogP contribution in [0.5, 0.6) is 0 Å². The Bertz CT molecular complexity index is 861. The average Bonchev–Trinajstić information content (AvgIpc) is 3.06. The number of likely N-dealkylation sites (tertiary alicyclic amines) is 1. The number of hydrogen-bond donors (Lipinski definition) is 0. The number of esters is 1. The van der Waals surface area contributed by atoms with Gasteiger partial charge in [0.15, 0.2) is 0 Å². The summed E-state index contributed by atoms with van der Waals surface area (Å²) in [7, 11) is 0. The Morgan fingerprint density at radius 1 is 1.07 bits per heavy atom. The highest BCUT2D eigenvalue weighted by molar-refractivity contribution is 5.79. The van der Waals surface area contributed by atoms with Gasteiger partial charge in [0.2, 0.25) is 0 Å². The van der Waals surface area contributed by atoms with Crippen LogP contribution in [-0.2, 0) is 14.3 Å². The van der Waals surface area contributed by atoms with Gasteiger partial charge in [-0.2, -0.15) is 0 Å². The summed E-state index contributed by atoms with van der Waals surface area (Å²) in [6.45, 7) is 4.61. The SMILES string of the molecule is C=COC(=O)C1CCCN(C(=O)OCC2c3ccccc3-c3ccccc32)C1. The lowest BCUT2D eigenvalue weighted by molar-refractivity contribution is -0.144. The molecule has 1 atom stereocenters. The fraction of sp³-hybridized carbons (Fsp3) is 0.304. The monoisotopic (exact) mass is 377 g/mol. The summed E-state index contributed by atoms with van der Waals surface area (Å²) in [6.07, 6.45) is 2.22. The van der Waals surface area contributed by atoms with Gasteiger partial charge >= 0.3 is 12.1 Å². The van der Waals surface area contributed by atoms with Crippen molar-refractivity contribution >= 4 is 12.1 Å². The van der Waals surface area contributed by atoms with Gasteiger partial charge in [0.05, 0.1) is 12.2 Å². The second kappa shape index (κ2) is 7.89. The van der Waals surface area contributed by atoms with Crippen LogP contribution in [0.4, 0.5) is 4.79 Å². The fourth-order valence-electron chi connectivity index (χ4n) is 4.20. The minimum absolute atomic E-state index is 0.0302. The maximum atomic E-state index is 12.6. The van der Waals surface area contributed by atoms with E-state index in [-0.39, 0.29) is 30.5 Å². The van der Waals surface area contributed by atoms with E-state index in [2.05, 4.69) is 30.8 Å². The molecule has 5 heteroatoms. The molecule has 2 aromatic carbocycles. The molecule has 0 radical (unpaired) electrons. The third-order valence-corrected chi connectivity index (χ3v) is 5.55. The molecular weight excluding hydrogens is 354 g/mol. The number of fused-ring (bicyclic) bond motifs is 3. The normalized spacial score (nSPS) is 18.1. The first-order chi connectivity index (χ1) is 13.7. The van der Waals surface area contributed by atoms with Gasteiger partial charge in [0.25, 0.3) is 0 Å². The quantitative estimate of drug-likeness (QED) is 0.588. The second-order valence-electron chi connectivity index (χ2n) is 7.19. The highest BCUT2D eigenvalue weighted by Gasteiger charge is 2.32. The summed E-state index contributed by atoms with van der Waals surface area (Å²) in [5, 5.41) is 0. The summed E-state index contributed by atoms with van der Waals surface area (Å²) < 4.78 is 10.6. The van der Waals surface area contributed by atoms with Gasteiger partial charge in [-0.3, -0.25) is 4.79 Å². The van der Waals surface area contributed by atoms with E-state index in [1.807, 2.05) is 24.3 Å². The van der Waals surface area contributed by atoms with Crippen LogP contribution in [0.3, 0.4) is 0 Å². The summed E-state index contributed by atoms with van der Waals surface area (Å²) in [5.74, 6) is -0.638. The molecule has 144 valence electrons. The van der Waals surface area contributed by atoms with Gasteiger partial charge < -0.3 is 14.4 Å². The molecule has 0 bridgehead atoms. The van der Waals surface area contributed by atoms with Crippen molar-refractivity contribution in [3.63, 3.8) is 0 Å². The van der Waals surface area contributed by atoms with E-state index in [1.165, 1.54) is 22.3 Å². The van der Waals surface area contributed by atoms with Crippen molar-refractivity contribution in [2.24, 2.45) is 5.92 Å². The summed E-state index contributed by atoms with van der Waals surface area (Å²) >= 11 is 0. The molecule has 1 saturated heterocycles. The maximum absolute atomic E-state index is 12.6. The molecular formula is C23H23NO4. The lowest BCUT2D eigenvalue weighted by atomic mass is 9.98. The second-order valence-corrected chi connectivity index (χ2v) is 7.19. The zero-order valence-corrected chi connectivity index (χ0v) is 15.7. The third kappa shape index (κ3) is 3.40. The molecule has 1 amide bonds. The molecule has 28 heavy (non-hydrogen) atoms. The smallest absolute Gasteiger partial charge is 0.409 e. The first-order valence-electron chi connectivity index (χ1n) is 9.60. The zero-order valence-electron chi connectivity index (χ0n) is 15.7. The molecule has 1 fully saturated rings. The van der Waals surface area contributed by atoms with Crippen molar-refractivity contribution < 1.29 is 19.1 Å². The molecule has 0 spiro atoms. The van der Waals surface area contributed by atoms with Gasteiger partial charge in [-0.1, -0.05) is 55.1 Å². The lowest BCUT2D eigenvalue weighted by Gasteiger charge is -2.30. The van der Waals surface area contributed by atoms with Crippen LogP contribution in [-0.4, -0.2) is 36.7 Å². The highest BCUT2D eigenvalue weighted by Crippen LogP contribution is 2.44. The number of carbonyl (C=O) groups excluding carboxylic acids is 2. The first kappa shape index (κ1) is 18.3. The molecule has 1 heterocycles. The maximum Gasteiger partial charge on any atom is 0.409 e. The van der Waals surface area contributed by atoms with E-state index >= 15 is 0 Å². The Morgan fingerprint density at radius 3 is 2.36 bits per heavy atom. The van der Waals surface area contributed by atoms with Crippen molar-refractivity contribution in [3.05, 3.63) is 72.5 Å². The van der Waals surface area contributed by atoms with E-state index in [0.717, 1.165) is 12.7 Å². The Kier molecular flexibility index (Phi) is 5.15. The topological polar surface area (TPSA) is 55.8 Å². The zero-order chi connectivity index (χ0) is 19.5. The fourth-order valence-corrected chi connectivity index (χ4v) is 4.20. The van der Waals surface area contributed by atoms with Crippen LogP contribution in [0, 0.1) is 5.92 Å². The van der Waals surface area contributed by atoms with Crippen LogP contribution in [0.25, 0.3) is 11.1 Å². The largest absolute Gasteiger partial charge is 0.448 e. The third-order valence-electron chi connectivity index (χ3n) is 5.55. The Morgan fingerprint density at radius 2 is 1.71 bits per heavy atom. The number of rotatable bonds is 4. The van der Waals surface area contributed by atoms with Crippen molar-refractivity contribution in [1.82, 2.24) is 4.90 Å². The van der Waals surface area contributed by atoms with Crippen molar-refractivity contribution in [2.45, 2.75) is 18.8 Å². The van der Waals surface area contributed by atoms with Crippen molar-refractivity contribution in [1.29, 1.82) is 0 Å². The number of amides is 1. The van der Waals surface area contributed by atoms with Crippen LogP contribution in [0.1, 0.15) is 29.9 Å². The Balaban J connectivity index is 1.44. The number of nitrogens with zero attached hydrogens (tertiary/aromatic N) is 1. The number of piperidine rings is 1. The minimum atomic E-state index is -0.377. The van der Waals surface area contributed by atoms with E-state index in [1.54, 1.807) is 4.90 Å². The summed E-state index contributed by atoms with van der Waals surface area (Å²) in [6, 6.07) is 16.5. The Labute approximate surface area is 164 Å². The molecule has 1 aliphatic heterocycles. The van der Waals surface area contributed by atoms with Crippen LogP contribution >= 0.6 is 0 Å². The Hall–Kier alpha value is -3.08. The van der Waals surface area contributed by atoms with E-state index in [4.69, 9.17) is 9.47 Å². The molecule has 5 nitrogen and oxygen atoms in total. The van der Waals surface area contributed by atoms with Gasteiger partial charge in [0.1, 0.15) is 6.61 Å². The highest BCUT2D eigenvalue weighted by atomic mass is 16.6. The number of hydrogen-bond acceptors (Lipinski definition) is 4. The van der Waals surface area contributed by atoms with Crippen LogP contribution in [0.15, 0.2) is 61.4 Å². The van der Waals surface area contributed by atoms with Gasteiger partial charge in [0, 0.05) is 19.0 Å². The average molecular weight is 377 g/mol. The molecule has 4 rings (SSSR count). The predicted molar refractivity (Wildman–Crippen MR) is 106 cm³/mol. The summed E-state index contributed by atoms with van der Waals surface area (Å²) in [5.41, 5.74) is 4.76. The van der Waals surface area contributed by atoms with Crippen molar-refractivity contribution in [3.8, 4) is 11.1 Å².